The van der Waals surface area contributed by atoms with Gasteiger partial charge in [0, 0.05) is 25.3 Å². The summed E-state index contributed by atoms with van der Waals surface area (Å²) < 4.78 is 1.66. The molecule has 3 rings (SSSR count). The van der Waals surface area contributed by atoms with E-state index in [0.29, 0.717) is 12.2 Å². The molecule has 1 N–H and O–H groups in total. The maximum atomic E-state index is 12.8. The van der Waals surface area contributed by atoms with E-state index in [1.54, 1.807) is 17.1 Å². The Morgan fingerprint density at radius 3 is 2.88 bits per heavy atom. The van der Waals surface area contributed by atoms with E-state index >= 15 is 0 Å². The summed E-state index contributed by atoms with van der Waals surface area (Å²) in [5.41, 5.74) is 1.29. The molecule has 2 aromatic rings. The molecular formula is C16H24Cl2N6O. The second-order valence-corrected chi connectivity index (χ2v) is 5.77. The Balaban J connectivity index is 0.00000156. The van der Waals surface area contributed by atoms with Crippen molar-refractivity contribution in [2.75, 3.05) is 19.6 Å². The van der Waals surface area contributed by atoms with Crippen molar-refractivity contribution in [2.24, 2.45) is 0 Å². The number of halogens is 2. The average Bonchev–Trinajstić information content (AvgIpc) is 3.25. The molecular weight excluding hydrogens is 363 g/mol. The number of hydrogen-bond donors (Lipinski definition) is 1. The number of hydrogen-bond acceptors (Lipinski definition) is 5. The molecule has 0 saturated carbocycles. The van der Waals surface area contributed by atoms with Crippen molar-refractivity contribution >= 4 is 30.7 Å². The molecule has 0 spiro atoms. The Labute approximate surface area is 160 Å². The Kier molecular flexibility index (Phi) is 8.82. The van der Waals surface area contributed by atoms with Crippen molar-refractivity contribution in [3.05, 3.63) is 42.0 Å². The summed E-state index contributed by atoms with van der Waals surface area (Å²) in [6, 6.07) is 5.99. The molecule has 25 heavy (non-hydrogen) atoms. The van der Waals surface area contributed by atoms with Crippen LogP contribution in [0.25, 0.3) is 0 Å². The summed E-state index contributed by atoms with van der Waals surface area (Å²) in [5, 5.41) is 11.4. The van der Waals surface area contributed by atoms with Crippen LogP contribution in [-0.4, -0.2) is 56.5 Å². The monoisotopic (exact) mass is 386 g/mol. The fraction of sp³-hybridized carbons (Fsp3) is 0.500. The third-order valence-electron chi connectivity index (χ3n) is 4.01. The van der Waals surface area contributed by atoms with Gasteiger partial charge in [0.1, 0.15) is 0 Å². The highest BCUT2D eigenvalue weighted by atomic mass is 35.5. The molecule has 1 unspecified atom stereocenters. The van der Waals surface area contributed by atoms with E-state index in [1.807, 2.05) is 23.1 Å². The highest BCUT2D eigenvalue weighted by molar-refractivity contribution is 5.92. The molecule has 7 nitrogen and oxygen atoms in total. The third kappa shape index (κ3) is 5.39. The normalized spacial score (nSPS) is 16.0. The Hall–Kier alpha value is -1.70. The Bertz CT molecular complexity index is 645. The molecule has 1 atom stereocenters. The van der Waals surface area contributed by atoms with Gasteiger partial charge in [0.25, 0.3) is 5.91 Å². The molecule has 138 valence electrons. The lowest BCUT2D eigenvalue weighted by atomic mass is 10.2. The predicted octanol–water partition coefficient (Wildman–Crippen LogP) is 1.78. The third-order valence-corrected chi connectivity index (χ3v) is 4.01. The number of pyridine rings is 1. The minimum atomic E-state index is -0.0344. The number of nitrogens with one attached hydrogen (secondary N) is 1. The first-order chi connectivity index (χ1) is 11.3. The van der Waals surface area contributed by atoms with Crippen LogP contribution in [0.1, 0.15) is 35.9 Å². The van der Waals surface area contributed by atoms with Crippen LogP contribution in [0.5, 0.6) is 0 Å². The maximum Gasteiger partial charge on any atom is 0.276 e. The zero-order chi connectivity index (χ0) is 16.1. The number of rotatable bonds is 6. The number of nitrogens with zero attached hydrogens (tertiary/aromatic N) is 5. The summed E-state index contributed by atoms with van der Waals surface area (Å²) in [6.45, 7) is 5.16. The van der Waals surface area contributed by atoms with E-state index < -0.39 is 0 Å². The van der Waals surface area contributed by atoms with Crippen molar-refractivity contribution in [1.82, 2.24) is 30.2 Å². The highest BCUT2D eigenvalue weighted by Crippen LogP contribution is 2.13. The molecule has 0 bridgehead atoms. The maximum absolute atomic E-state index is 12.8. The zero-order valence-corrected chi connectivity index (χ0v) is 15.8. The standard InChI is InChI=1S/C16H22N6O.2ClH/c1-2-9-22(14-6-8-17-10-14)16(23)15-12-21(20-19-15)11-13-5-3-4-7-18-13;;/h3-5,7,12,14,17H,2,6,8-11H2,1H3;2*1H. The van der Waals surface area contributed by atoms with Crippen LogP contribution >= 0.6 is 24.8 Å². The molecule has 3 heterocycles. The van der Waals surface area contributed by atoms with Crippen LogP contribution in [0.4, 0.5) is 0 Å². The van der Waals surface area contributed by atoms with Gasteiger partial charge >= 0.3 is 0 Å². The van der Waals surface area contributed by atoms with Gasteiger partial charge in [0.05, 0.1) is 18.4 Å². The molecule has 2 aromatic heterocycles. The number of carbonyl (C=O) groups is 1. The summed E-state index contributed by atoms with van der Waals surface area (Å²) in [7, 11) is 0. The summed E-state index contributed by atoms with van der Waals surface area (Å²) in [6.07, 6.45) is 5.38. The predicted molar refractivity (Wildman–Crippen MR) is 100 cm³/mol. The molecule has 0 radical (unpaired) electrons. The smallest absolute Gasteiger partial charge is 0.276 e. The van der Waals surface area contributed by atoms with Gasteiger partial charge in [-0.05, 0) is 31.5 Å². The average molecular weight is 387 g/mol. The van der Waals surface area contributed by atoms with Crippen LogP contribution in [0.2, 0.25) is 0 Å². The molecule has 0 aromatic carbocycles. The molecule has 1 fully saturated rings. The minimum Gasteiger partial charge on any atom is -0.333 e. The van der Waals surface area contributed by atoms with E-state index in [9.17, 15) is 4.79 Å². The van der Waals surface area contributed by atoms with Crippen LogP contribution in [-0.2, 0) is 6.54 Å². The molecule has 1 saturated heterocycles. The Morgan fingerprint density at radius 2 is 2.24 bits per heavy atom. The van der Waals surface area contributed by atoms with Gasteiger partial charge in [-0.1, -0.05) is 18.2 Å². The van der Waals surface area contributed by atoms with Crippen molar-refractivity contribution in [2.45, 2.75) is 32.4 Å². The molecule has 0 aliphatic carbocycles. The second kappa shape index (κ2) is 10.3. The van der Waals surface area contributed by atoms with Gasteiger partial charge in [0.15, 0.2) is 5.69 Å². The van der Waals surface area contributed by atoms with Gasteiger partial charge in [-0.15, -0.1) is 29.9 Å². The molecule has 9 heteroatoms. The van der Waals surface area contributed by atoms with E-state index in [4.69, 9.17) is 0 Å². The van der Waals surface area contributed by atoms with Crippen molar-refractivity contribution in [1.29, 1.82) is 0 Å². The SMILES string of the molecule is CCCN(C(=O)c1cn(Cc2ccccn2)nn1)C1CCNC1.Cl.Cl. The second-order valence-electron chi connectivity index (χ2n) is 5.77. The molecule has 1 aliphatic rings. The fourth-order valence-electron chi connectivity index (χ4n) is 2.87. The van der Waals surface area contributed by atoms with E-state index in [1.165, 1.54) is 0 Å². The van der Waals surface area contributed by atoms with Crippen LogP contribution in [0.3, 0.4) is 0 Å². The van der Waals surface area contributed by atoms with Crippen molar-refractivity contribution < 1.29 is 4.79 Å². The molecule has 1 amide bonds. The first-order valence-electron chi connectivity index (χ1n) is 8.09. The number of amides is 1. The quantitative estimate of drug-likeness (QED) is 0.818. The number of aromatic nitrogens is 4. The van der Waals surface area contributed by atoms with Gasteiger partial charge in [-0.25, -0.2) is 4.68 Å². The molecule has 1 aliphatic heterocycles. The largest absolute Gasteiger partial charge is 0.333 e. The zero-order valence-electron chi connectivity index (χ0n) is 14.2. The number of carbonyl (C=O) groups excluding carboxylic acids is 1. The summed E-state index contributed by atoms with van der Waals surface area (Å²) in [5.74, 6) is -0.0344. The Morgan fingerprint density at radius 1 is 1.40 bits per heavy atom. The van der Waals surface area contributed by atoms with Crippen LogP contribution in [0.15, 0.2) is 30.6 Å². The lowest BCUT2D eigenvalue weighted by Crippen LogP contribution is -2.42. The van der Waals surface area contributed by atoms with Gasteiger partial charge < -0.3 is 10.2 Å². The van der Waals surface area contributed by atoms with Gasteiger partial charge in [0.2, 0.25) is 0 Å². The van der Waals surface area contributed by atoms with Crippen molar-refractivity contribution in [3.8, 4) is 0 Å². The van der Waals surface area contributed by atoms with Crippen LogP contribution < -0.4 is 5.32 Å². The van der Waals surface area contributed by atoms with Crippen molar-refractivity contribution in [3.63, 3.8) is 0 Å². The summed E-state index contributed by atoms with van der Waals surface area (Å²) in [4.78, 5) is 18.9. The first-order valence-corrected chi connectivity index (χ1v) is 8.09. The highest BCUT2D eigenvalue weighted by Gasteiger charge is 2.28. The van der Waals surface area contributed by atoms with Gasteiger partial charge in [-0.3, -0.25) is 9.78 Å². The van der Waals surface area contributed by atoms with E-state index in [-0.39, 0.29) is 36.8 Å². The minimum absolute atomic E-state index is 0. The van der Waals surface area contributed by atoms with E-state index in [0.717, 1.165) is 38.2 Å². The van der Waals surface area contributed by atoms with E-state index in [2.05, 4.69) is 27.5 Å². The topological polar surface area (TPSA) is 75.9 Å². The lowest BCUT2D eigenvalue weighted by molar-refractivity contribution is 0.0686. The van der Waals surface area contributed by atoms with Gasteiger partial charge in [-0.2, -0.15) is 0 Å². The lowest BCUT2D eigenvalue weighted by Gasteiger charge is -2.27. The first kappa shape index (κ1) is 21.3. The summed E-state index contributed by atoms with van der Waals surface area (Å²) >= 11 is 0. The van der Waals surface area contributed by atoms with Crippen LogP contribution in [0, 0.1) is 0 Å². The fourth-order valence-corrected chi connectivity index (χ4v) is 2.87.